The molecule has 1 aliphatic heterocycles. The molecule has 8 nitrogen and oxygen atoms in total. The molecule has 35 heavy (non-hydrogen) atoms. The maximum Gasteiger partial charge on any atom is 0.209 e. The number of morpholine rings is 1. The summed E-state index contributed by atoms with van der Waals surface area (Å²) >= 11 is 0. The van der Waals surface area contributed by atoms with E-state index in [-0.39, 0.29) is 12.6 Å². The molecule has 1 aromatic carbocycles. The van der Waals surface area contributed by atoms with Crippen molar-refractivity contribution in [2.24, 2.45) is 0 Å². The molecule has 176 valence electrons. The first-order valence-electron chi connectivity index (χ1n) is 11.4. The lowest BCUT2D eigenvalue weighted by Crippen LogP contribution is -2.44. The Bertz CT molecular complexity index is 1420. The monoisotopic (exact) mass is 467 g/mol. The second kappa shape index (κ2) is 10.1. The van der Waals surface area contributed by atoms with Crippen LogP contribution >= 0.6 is 0 Å². The number of aliphatic hydroxyl groups excluding tert-OH is 1. The van der Waals surface area contributed by atoms with Gasteiger partial charge < -0.3 is 19.5 Å². The van der Waals surface area contributed by atoms with Gasteiger partial charge in [-0.05, 0) is 55.3 Å². The van der Waals surface area contributed by atoms with Crippen LogP contribution in [0.15, 0.2) is 54.9 Å². The first-order chi connectivity index (χ1) is 17.2. The lowest BCUT2D eigenvalue weighted by molar-refractivity contribution is 0.0987. The van der Waals surface area contributed by atoms with Crippen molar-refractivity contribution in [2.45, 2.75) is 19.6 Å². The van der Waals surface area contributed by atoms with Gasteiger partial charge in [-0.15, -0.1) is 0 Å². The van der Waals surface area contributed by atoms with Crippen molar-refractivity contribution in [3.63, 3.8) is 0 Å². The molecule has 0 spiro atoms. The number of fused-ring (bicyclic) bond motifs is 1. The second-order valence-corrected chi connectivity index (χ2v) is 8.23. The van der Waals surface area contributed by atoms with Crippen LogP contribution in [-0.4, -0.2) is 58.0 Å². The Morgan fingerprint density at radius 1 is 1.14 bits per heavy atom. The molecule has 0 bridgehead atoms. The predicted octanol–water partition coefficient (Wildman–Crippen LogP) is 3.21. The fraction of sp³-hybridized carbons (Fsp3) is 0.259. The number of aliphatic hydroxyl groups is 1. The number of hydrogen-bond donors (Lipinski definition) is 1. The summed E-state index contributed by atoms with van der Waals surface area (Å²) < 4.78 is 11.0. The van der Waals surface area contributed by atoms with Crippen LogP contribution < -0.4 is 9.64 Å². The summed E-state index contributed by atoms with van der Waals surface area (Å²) in [6, 6.07) is 13.5. The van der Waals surface area contributed by atoms with Crippen molar-refractivity contribution in [3.05, 3.63) is 71.8 Å². The average Bonchev–Trinajstić information content (AvgIpc) is 2.91. The number of rotatable bonds is 4. The van der Waals surface area contributed by atoms with Crippen molar-refractivity contribution >= 4 is 16.9 Å². The van der Waals surface area contributed by atoms with Gasteiger partial charge >= 0.3 is 0 Å². The van der Waals surface area contributed by atoms with Crippen LogP contribution in [0.1, 0.15) is 23.9 Å². The zero-order chi connectivity index (χ0) is 24.2. The minimum Gasteiger partial charge on any atom is -0.496 e. The maximum atomic E-state index is 9.73. The van der Waals surface area contributed by atoms with Crippen LogP contribution in [0.3, 0.4) is 0 Å². The summed E-state index contributed by atoms with van der Waals surface area (Å²) in [6.07, 6.45) is 3.42. The number of methoxy groups -OCH3 is 1. The van der Waals surface area contributed by atoms with Crippen LogP contribution in [0.25, 0.3) is 22.3 Å². The Labute approximate surface area is 203 Å². The highest BCUT2D eigenvalue weighted by Gasteiger charge is 2.23. The smallest absolute Gasteiger partial charge is 0.209 e. The first-order valence-corrected chi connectivity index (χ1v) is 11.4. The molecule has 5 rings (SSSR count). The quantitative estimate of drug-likeness (QED) is 0.458. The SMILES string of the molecule is COc1ccc(-c2ccc3c(N4CCOCC4C)nc(C#Cc4cccnc4)nc3n2)cc1CO. The minimum absolute atomic E-state index is 0.125. The van der Waals surface area contributed by atoms with E-state index in [9.17, 15) is 5.11 Å². The lowest BCUT2D eigenvalue weighted by Gasteiger charge is -2.34. The molecule has 0 aliphatic carbocycles. The van der Waals surface area contributed by atoms with E-state index in [1.54, 1.807) is 19.5 Å². The van der Waals surface area contributed by atoms with Crippen molar-refractivity contribution in [1.82, 2.24) is 19.9 Å². The molecule has 3 aromatic heterocycles. The van der Waals surface area contributed by atoms with Gasteiger partial charge in [-0.3, -0.25) is 4.98 Å². The van der Waals surface area contributed by atoms with Crippen LogP contribution in [0.4, 0.5) is 5.82 Å². The normalized spacial score (nSPS) is 15.5. The minimum atomic E-state index is -0.125. The number of aromatic nitrogens is 4. The summed E-state index contributed by atoms with van der Waals surface area (Å²) in [6.45, 7) is 3.98. The molecule has 0 saturated carbocycles. The molecular formula is C27H25N5O3. The number of anilines is 1. The van der Waals surface area contributed by atoms with Gasteiger partial charge in [0.25, 0.3) is 0 Å². The standard InChI is InChI=1S/C27H25N5O3/c1-18-17-35-13-12-32(18)27-22-7-8-23(20-6-9-24(34-2)21(14-20)16-33)29-26(22)30-25(31-27)10-5-19-4-3-11-28-15-19/h3-4,6-9,11,14-15,18,33H,12-13,16-17H2,1-2H3. The Kier molecular flexibility index (Phi) is 6.53. The largest absolute Gasteiger partial charge is 0.496 e. The van der Waals surface area contributed by atoms with Crippen molar-refractivity contribution < 1.29 is 14.6 Å². The molecule has 1 unspecified atom stereocenters. The third-order valence-corrected chi connectivity index (χ3v) is 5.91. The van der Waals surface area contributed by atoms with E-state index in [2.05, 4.69) is 33.6 Å². The van der Waals surface area contributed by atoms with Crippen molar-refractivity contribution in [1.29, 1.82) is 0 Å². The molecule has 1 atom stereocenters. The molecule has 1 N–H and O–H groups in total. The van der Waals surface area contributed by atoms with Gasteiger partial charge in [0.2, 0.25) is 5.82 Å². The van der Waals surface area contributed by atoms with Gasteiger partial charge in [0, 0.05) is 35.6 Å². The summed E-state index contributed by atoms with van der Waals surface area (Å²) in [5.74, 6) is 8.00. The lowest BCUT2D eigenvalue weighted by atomic mass is 10.1. The van der Waals surface area contributed by atoms with E-state index >= 15 is 0 Å². The molecule has 0 amide bonds. The molecule has 1 saturated heterocycles. The van der Waals surface area contributed by atoms with E-state index in [0.717, 1.165) is 34.6 Å². The fourth-order valence-corrected chi connectivity index (χ4v) is 4.10. The van der Waals surface area contributed by atoms with Crippen LogP contribution in [0.5, 0.6) is 5.75 Å². The fourth-order valence-electron chi connectivity index (χ4n) is 4.10. The maximum absolute atomic E-state index is 9.73. The Morgan fingerprint density at radius 2 is 2.06 bits per heavy atom. The summed E-state index contributed by atoms with van der Waals surface area (Å²) in [7, 11) is 1.58. The van der Waals surface area contributed by atoms with E-state index in [1.165, 1.54) is 0 Å². The number of pyridine rings is 2. The molecule has 0 radical (unpaired) electrons. The van der Waals surface area contributed by atoms with Crippen molar-refractivity contribution in [2.75, 3.05) is 31.8 Å². The predicted molar refractivity (Wildman–Crippen MR) is 133 cm³/mol. The molecule has 1 fully saturated rings. The number of benzene rings is 1. The summed E-state index contributed by atoms with van der Waals surface area (Å²) in [5, 5.41) is 10.6. The van der Waals surface area contributed by atoms with Gasteiger partial charge in [-0.1, -0.05) is 5.92 Å². The highest BCUT2D eigenvalue weighted by atomic mass is 16.5. The molecule has 4 aromatic rings. The van der Waals surface area contributed by atoms with E-state index in [1.807, 2.05) is 42.5 Å². The second-order valence-electron chi connectivity index (χ2n) is 8.23. The Morgan fingerprint density at radius 3 is 2.83 bits per heavy atom. The van der Waals surface area contributed by atoms with Gasteiger partial charge in [0.05, 0.1) is 44.1 Å². The molecule has 4 heterocycles. The Balaban J connectivity index is 1.63. The zero-order valence-electron chi connectivity index (χ0n) is 19.6. The van der Waals surface area contributed by atoms with Crippen LogP contribution in [-0.2, 0) is 11.3 Å². The number of nitrogens with zero attached hydrogens (tertiary/aromatic N) is 5. The van der Waals surface area contributed by atoms with E-state index in [0.29, 0.717) is 36.0 Å². The Hall–Kier alpha value is -4.06. The van der Waals surface area contributed by atoms with Gasteiger partial charge in [0.15, 0.2) is 5.65 Å². The van der Waals surface area contributed by atoms with Crippen molar-refractivity contribution in [3.8, 4) is 28.8 Å². The summed E-state index contributed by atoms with van der Waals surface area (Å²) in [5.41, 5.74) is 3.64. The van der Waals surface area contributed by atoms with E-state index in [4.69, 9.17) is 19.4 Å². The average molecular weight is 468 g/mol. The number of hydrogen-bond acceptors (Lipinski definition) is 8. The van der Waals surface area contributed by atoms with E-state index < -0.39 is 0 Å². The first kappa shape index (κ1) is 22.7. The molecule has 8 heteroatoms. The number of ether oxygens (including phenoxy) is 2. The van der Waals surface area contributed by atoms with Gasteiger partial charge in [-0.2, -0.15) is 0 Å². The molecule has 1 aliphatic rings. The topological polar surface area (TPSA) is 93.5 Å². The highest BCUT2D eigenvalue weighted by Crippen LogP contribution is 2.30. The van der Waals surface area contributed by atoms with Crippen LogP contribution in [0, 0.1) is 11.8 Å². The molecular weight excluding hydrogens is 442 g/mol. The highest BCUT2D eigenvalue weighted by molar-refractivity contribution is 5.89. The zero-order valence-corrected chi connectivity index (χ0v) is 19.6. The van der Waals surface area contributed by atoms with Gasteiger partial charge in [-0.25, -0.2) is 15.0 Å². The third-order valence-electron chi connectivity index (χ3n) is 5.91. The summed E-state index contributed by atoms with van der Waals surface area (Å²) in [4.78, 5) is 20.7. The van der Waals surface area contributed by atoms with Crippen LogP contribution in [0.2, 0.25) is 0 Å². The third kappa shape index (κ3) is 4.78. The van der Waals surface area contributed by atoms with Gasteiger partial charge in [0.1, 0.15) is 11.6 Å².